The van der Waals surface area contributed by atoms with Crippen molar-refractivity contribution in [2.75, 3.05) is 11.9 Å². The molecule has 2 aromatic carbocycles. The van der Waals surface area contributed by atoms with E-state index in [0.29, 0.717) is 6.61 Å². The minimum absolute atomic E-state index is 0.145. The molecular formula is C21H19N5O. The maximum Gasteiger partial charge on any atom is 0.168 e. The number of fused-ring (bicyclic) bond motifs is 2. The van der Waals surface area contributed by atoms with Crippen LogP contribution >= 0.6 is 0 Å². The number of nitrogens with one attached hydrogen (secondary N) is 1. The van der Waals surface area contributed by atoms with Gasteiger partial charge in [0.2, 0.25) is 0 Å². The Morgan fingerprint density at radius 1 is 1.11 bits per heavy atom. The van der Waals surface area contributed by atoms with Crippen LogP contribution in [-0.4, -0.2) is 26.4 Å². The zero-order chi connectivity index (χ0) is 18.2. The van der Waals surface area contributed by atoms with Crippen molar-refractivity contribution >= 4 is 16.9 Å². The van der Waals surface area contributed by atoms with E-state index in [9.17, 15) is 0 Å². The van der Waals surface area contributed by atoms with E-state index in [1.807, 2.05) is 47.3 Å². The molecule has 27 heavy (non-hydrogen) atoms. The highest BCUT2D eigenvalue weighted by Gasteiger charge is 2.23. The smallest absolute Gasteiger partial charge is 0.168 e. The molecule has 5 rings (SSSR count). The van der Waals surface area contributed by atoms with Gasteiger partial charge >= 0.3 is 0 Å². The Morgan fingerprint density at radius 2 is 2.00 bits per heavy atom. The molecule has 6 heteroatoms. The largest absolute Gasteiger partial charge is 0.493 e. The van der Waals surface area contributed by atoms with Crippen LogP contribution in [0.5, 0.6) is 5.75 Å². The lowest BCUT2D eigenvalue weighted by molar-refractivity contribution is 0.274. The monoisotopic (exact) mass is 357 g/mol. The first-order valence-electron chi connectivity index (χ1n) is 9.03. The first-order valence-corrected chi connectivity index (χ1v) is 9.03. The van der Waals surface area contributed by atoms with Gasteiger partial charge in [0.1, 0.15) is 17.9 Å². The van der Waals surface area contributed by atoms with Gasteiger partial charge in [-0.1, -0.05) is 35.9 Å². The summed E-state index contributed by atoms with van der Waals surface area (Å²) in [6.07, 6.45) is 4.29. The van der Waals surface area contributed by atoms with E-state index in [1.165, 1.54) is 11.1 Å². The minimum atomic E-state index is 0.145. The molecule has 4 aromatic rings. The normalized spacial score (nSPS) is 16.0. The Bertz CT molecular complexity index is 1110. The van der Waals surface area contributed by atoms with Gasteiger partial charge in [0.15, 0.2) is 5.65 Å². The highest BCUT2D eigenvalue weighted by atomic mass is 16.5. The van der Waals surface area contributed by atoms with Crippen LogP contribution in [0.25, 0.3) is 16.7 Å². The van der Waals surface area contributed by atoms with Crippen LogP contribution < -0.4 is 10.1 Å². The van der Waals surface area contributed by atoms with Crippen molar-refractivity contribution in [3.8, 4) is 11.4 Å². The van der Waals surface area contributed by atoms with E-state index >= 15 is 0 Å². The maximum absolute atomic E-state index is 5.81. The fourth-order valence-electron chi connectivity index (χ4n) is 3.55. The van der Waals surface area contributed by atoms with E-state index in [4.69, 9.17) is 4.74 Å². The third-order valence-corrected chi connectivity index (χ3v) is 4.88. The molecule has 3 heterocycles. The van der Waals surface area contributed by atoms with Gasteiger partial charge in [0, 0.05) is 12.0 Å². The molecule has 134 valence electrons. The number of hydrogen-bond acceptors (Lipinski definition) is 5. The molecule has 0 bridgehead atoms. The predicted octanol–water partition coefficient (Wildman–Crippen LogP) is 4.06. The summed E-state index contributed by atoms with van der Waals surface area (Å²) < 4.78 is 7.64. The number of anilines is 1. The average Bonchev–Trinajstić information content (AvgIpc) is 3.14. The summed E-state index contributed by atoms with van der Waals surface area (Å²) in [4.78, 5) is 8.94. The quantitative estimate of drug-likeness (QED) is 0.599. The molecule has 1 aliphatic rings. The highest BCUT2D eigenvalue weighted by molar-refractivity contribution is 5.87. The summed E-state index contributed by atoms with van der Waals surface area (Å²) in [5.41, 5.74) is 4.15. The van der Waals surface area contributed by atoms with E-state index in [0.717, 1.165) is 34.7 Å². The summed E-state index contributed by atoms with van der Waals surface area (Å²) in [5, 5.41) is 9.02. The molecule has 6 nitrogen and oxygen atoms in total. The van der Waals surface area contributed by atoms with Crippen molar-refractivity contribution in [2.24, 2.45) is 0 Å². The minimum Gasteiger partial charge on any atom is -0.493 e. The van der Waals surface area contributed by atoms with Crippen molar-refractivity contribution in [3.63, 3.8) is 0 Å². The Labute approximate surface area is 156 Å². The van der Waals surface area contributed by atoms with Gasteiger partial charge in [-0.3, -0.25) is 0 Å². The molecule has 0 amide bonds. The summed E-state index contributed by atoms with van der Waals surface area (Å²) in [6, 6.07) is 16.4. The molecule has 1 aliphatic heterocycles. The lowest BCUT2D eigenvalue weighted by Gasteiger charge is -2.27. The van der Waals surface area contributed by atoms with Crippen molar-refractivity contribution < 1.29 is 4.74 Å². The number of aromatic nitrogens is 4. The van der Waals surface area contributed by atoms with E-state index in [-0.39, 0.29) is 6.04 Å². The second-order valence-electron chi connectivity index (χ2n) is 6.73. The van der Waals surface area contributed by atoms with Crippen molar-refractivity contribution in [1.29, 1.82) is 0 Å². The molecule has 0 fully saturated rings. The third kappa shape index (κ3) is 2.79. The average molecular weight is 357 g/mol. The van der Waals surface area contributed by atoms with Gasteiger partial charge in [0.05, 0.1) is 29.9 Å². The van der Waals surface area contributed by atoms with Crippen LogP contribution in [0, 0.1) is 6.92 Å². The van der Waals surface area contributed by atoms with Gasteiger partial charge in [-0.25, -0.2) is 14.6 Å². The number of hydrogen-bond donors (Lipinski definition) is 1. The molecule has 1 unspecified atom stereocenters. The van der Waals surface area contributed by atoms with Gasteiger partial charge in [-0.2, -0.15) is 5.10 Å². The Hall–Kier alpha value is -3.41. The molecule has 1 atom stereocenters. The molecule has 0 radical (unpaired) electrons. The standard InChI is InChI=1S/C21H19N5O/c1-14-7-8-19-16(11-14)18(9-10-27-19)25-20-17-12-24-26(21(17)23-13-22-20)15-5-3-2-4-6-15/h2-8,11-13,18H,9-10H2,1H3,(H,22,23,25). The van der Waals surface area contributed by atoms with Gasteiger partial charge < -0.3 is 10.1 Å². The second-order valence-corrected chi connectivity index (χ2v) is 6.73. The lowest BCUT2D eigenvalue weighted by atomic mass is 9.98. The number of ether oxygens (including phenoxy) is 1. The van der Waals surface area contributed by atoms with Crippen molar-refractivity contribution in [1.82, 2.24) is 19.7 Å². The number of benzene rings is 2. The van der Waals surface area contributed by atoms with Crippen LogP contribution in [0.2, 0.25) is 0 Å². The van der Waals surface area contributed by atoms with Gasteiger partial charge in [-0.15, -0.1) is 0 Å². The van der Waals surface area contributed by atoms with Crippen LogP contribution in [-0.2, 0) is 0 Å². The van der Waals surface area contributed by atoms with Gasteiger partial charge in [-0.05, 0) is 25.1 Å². The number of aryl methyl sites for hydroxylation is 1. The van der Waals surface area contributed by atoms with Crippen LogP contribution in [0.1, 0.15) is 23.6 Å². The molecule has 0 saturated carbocycles. The maximum atomic E-state index is 5.81. The SMILES string of the molecule is Cc1ccc2c(c1)C(Nc1ncnc3c1cnn3-c1ccccc1)CCO2. The molecule has 0 spiro atoms. The lowest BCUT2D eigenvalue weighted by Crippen LogP contribution is -2.21. The first kappa shape index (κ1) is 15.8. The van der Waals surface area contributed by atoms with Crippen molar-refractivity contribution in [3.05, 3.63) is 72.2 Å². The second kappa shape index (κ2) is 6.39. The molecular weight excluding hydrogens is 338 g/mol. The zero-order valence-corrected chi connectivity index (χ0v) is 15.0. The fourth-order valence-corrected chi connectivity index (χ4v) is 3.55. The number of para-hydroxylation sites is 1. The van der Waals surface area contributed by atoms with Gasteiger partial charge in [0.25, 0.3) is 0 Å². The summed E-state index contributed by atoms with van der Waals surface area (Å²) in [5.74, 6) is 1.73. The number of rotatable bonds is 3. The number of nitrogens with zero attached hydrogens (tertiary/aromatic N) is 4. The molecule has 0 saturated heterocycles. The third-order valence-electron chi connectivity index (χ3n) is 4.88. The molecule has 2 aromatic heterocycles. The summed E-state index contributed by atoms with van der Waals surface area (Å²) >= 11 is 0. The Morgan fingerprint density at radius 3 is 2.89 bits per heavy atom. The van der Waals surface area contributed by atoms with E-state index in [1.54, 1.807) is 6.33 Å². The van der Waals surface area contributed by atoms with Crippen molar-refractivity contribution in [2.45, 2.75) is 19.4 Å². The molecule has 1 N–H and O–H groups in total. The topological polar surface area (TPSA) is 64.9 Å². The zero-order valence-electron chi connectivity index (χ0n) is 15.0. The van der Waals surface area contributed by atoms with Crippen LogP contribution in [0.4, 0.5) is 5.82 Å². The summed E-state index contributed by atoms with van der Waals surface area (Å²) in [6.45, 7) is 2.78. The predicted molar refractivity (Wildman–Crippen MR) is 104 cm³/mol. The Balaban J connectivity index is 1.54. The first-order chi connectivity index (χ1) is 13.3. The summed E-state index contributed by atoms with van der Waals surface area (Å²) in [7, 11) is 0. The van der Waals surface area contributed by atoms with Crippen LogP contribution in [0.3, 0.4) is 0 Å². The molecule has 0 aliphatic carbocycles. The van der Waals surface area contributed by atoms with E-state index in [2.05, 4.69) is 39.4 Å². The van der Waals surface area contributed by atoms with E-state index < -0.39 is 0 Å². The van der Waals surface area contributed by atoms with Crippen LogP contribution in [0.15, 0.2) is 61.1 Å². The Kier molecular flexibility index (Phi) is 3.74. The highest BCUT2D eigenvalue weighted by Crippen LogP contribution is 2.35. The fraction of sp³-hybridized carbons (Fsp3) is 0.190.